The predicted octanol–water partition coefficient (Wildman–Crippen LogP) is 3.16. The van der Waals surface area contributed by atoms with Crippen LogP contribution in [0.3, 0.4) is 0 Å². The van der Waals surface area contributed by atoms with E-state index in [-0.39, 0.29) is 17.2 Å². The summed E-state index contributed by atoms with van der Waals surface area (Å²) >= 11 is 0. The topological polar surface area (TPSA) is 101 Å². The number of carbonyl (C=O) groups excluding carboxylic acids is 2. The van der Waals surface area contributed by atoms with Gasteiger partial charge in [0.2, 0.25) is 0 Å². The Morgan fingerprint density at radius 2 is 1.90 bits per heavy atom. The summed E-state index contributed by atoms with van der Waals surface area (Å²) in [4.78, 5) is 38.4. The Hall–Kier alpha value is -2.87. The van der Waals surface area contributed by atoms with Gasteiger partial charge in [0.1, 0.15) is 5.60 Å². The lowest BCUT2D eigenvalue weighted by Gasteiger charge is -2.33. The fourth-order valence-electron chi connectivity index (χ4n) is 3.71. The Bertz CT molecular complexity index is 984. The van der Waals surface area contributed by atoms with Crippen molar-refractivity contribution in [3.63, 3.8) is 0 Å². The number of hydroxylamine groups is 1. The number of nitrogens with one attached hydrogen (secondary N) is 1. The molecule has 2 amide bonds. The SMILES string of the molecule is CC(C)(C)OC(=O)N1CCC(CCn2ccc3ccc(C(=O)NO)cc3c2=O)CC1. The van der Waals surface area contributed by atoms with Crippen molar-refractivity contribution < 1.29 is 19.5 Å². The number of rotatable bonds is 4. The average molecular weight is 415 g/mol. The predicted molar refractivity (Wildman–Crippen MR) is 113 cm³/mol. The van der Waals surface area contributed by atoms with Crippen LogP contribution in [-0.4, -0.2) is 45.4 Å². The van der Waals surface area contributed by atoms with Crippen molar-refractivity contribution in [1.29, 1.82) is 0 Å². The zero-order chi connectivity index (χ0) is 21.9. The standard InChI is InChI=1S/C22H29N3O5/c1-22(2,3)30-21(28)25-11-7-15(8-12-25)6-10-24-13-9-16-4-5-17(19(26)23-29)14-18(16)20(24)27/h4-5,9,13-15,29H,6-8,10-12H2,1-3H3,(H,23,26). The number of amides is 2. The zero-order valence-electron chi connectivity index (χ0n) is 17.7. The Labute approximate surface area is 175 Å². The summed E-state index contributed by atoms with van der Waals surface area (Å²) in [7, 11) is 0. The molecule has 0 bridgehead atoms. The minimum Gasteiger partial charge on any atom is -0.444 e. The second kappa shape index (κ2) is 8.87. The molecule has 0 atom stereocenters. The molecule has 1 fully saturated rings. The Kier molecular flexibility index (Phi) is 6.45. The van der Waals surface area contributed by atoms with Gasteiger partial charge in [0.15, 0.2) is 0 Å². The van der Waals surface area contributed by atoms with Gasteiger partial charge < -0.3 is 14.2 Å². The smallest absolute Gasteiger partial charge is 0.410 e. The van der Waals surface area contributed by atoms with Crippen LogP contribution in [0.4, 0.5) is 4.79 Å². The number of piperidine rings is 1. The molecule has 1 aromatic heterocycles. The highest BCUT2D eigenvalue weighted by Crippen LogP contribution is 2.23. The normalized spacial score (nSPS) is 15.3. The molecule has 0 unspecified atom stereocenters. The van der Waals surface area contributed by atoms with Gasteiger partial charge in [-0.2, -0.15) is 0 Å². The lowest BCUT2D eigenvalue weighted by atomic mass is 9.93. The largest absolute Gasteiger partial charge is 0.444 e. The van der Waals surface area contributed by atoms with Gasteiger partial charge in [-0.1, -0.05) is 6.07 Å². The summed E-state index contributed by atoms with van der Waals surface area (Å²) in [6, 6.07) is 6.61. The van der Waals surface area contributed by atoms with Gasteiger partial charge in [0.05, 0.1) is 0 Å². The molecule has 1 aliphatic rings. The number of benzene rings is 1. The van der Waals surface area contributed by atoms with E-state index in [9.17, 15) is 14.4 Å². The molecule has 2 heterocycles. The number of pyridine rings is 1. The van der Waals surface area contributed by atoms with E-state index in [1.165, 1.54) is 6.07 Å². The van der Waals surface area contributed by atoms with Crippen molar-refractivity contribution in [3.05, 3.63) is 46.4 Å². The van der Waals surface area contributed by atoms with Crippen LogP contribution in [0, 0.1) is 5.92 Å². The summed E-state index contributed by atoms with van der Waals surface area (Å²) in [5.74, 6) is -0.221. The van der Waals surface area contributed by atoms with Gasteiger partial charge >= 0.3 is 6.09 Å². The van der Waals surface area contributed by atoms with Gasteiger partial charge in [0.25, 0.3) is 11.5 Å². The number of likely N-dealkylation sites (tertiary alicyclic amines) is 1. The molecule has 0 spiro atoms. The molecule has 1 saturated heterocycles. The van der Waals surface area contributed by atoms with Gasteiger partial charge in [-0.3, -0.25) is 14.8 Å². The van der Waals surface area contributed by atoms with Crippen LogP contribution >= 0.6 is 0 Å². The Morgan fingerprint density at radius 1 is 1.20 bits per heavy atom. The number of hydrogen-bond donors (Lipinski definition) is 2. The molecule has 8 nitrogen and oxygen atoms in total. The number of aryl methyl sites for hydroxylation is 1. The van der Waals surface area contributed by atoms with Crippen LogP contribution < -0.4 is 11.0 Å². The van der Waals surface area contributed by atoms with E-state index < -0.39 is 11.5 Å². The first-order valence-electron chi connectivity index (χ1n) is 10.2. The third kappa shape index (κ3) is 5.18. The molecule has 0 aliphatic carbocycles. The highest BCUT2D eigenvalue weighted by molar-refractivity contribution is 5.97. The van der Waals surface area contributed by atoms with Crippen molar-refractivity contribution in [3.8, 4) is 0 Å². The van der Waals surface area contributed by atoms with Crippen LogP contribution in [-0.2, 0) is 11.3 Å². The molecular weight excluding hydrogens is 386 g/mol. The van der Waals surface area contributed by atoms with Crippen LogP contribution in [0.15, 0.2) is 35.3 Å². The number of carbonyl (C=O) groups is 2. The molecule has 2 N–H and O–H groups in total. The van der Waals surface area contributed by atoms with Crippen LogP contribution in [0.1, 0.15) is 50.4 Å². The maximum Gasteiger partial charge on any atom is 0.410 e. The van der Waals surface area contributed by atoms with Gasteiger partial charge in [0, 0.05) is 36.8 Å². The van der Waals surface area contributed by atoms with Crippen LogP contribution in [0.2, 0.25) is 0 Å². The maximum absolute atomic E-state index is 12.8. The highest BCUT2D eigenvalue weighted by Gasteiger charge is 2.26. The van der Waals surface area contributed by atoms with Crippen molar-refractivity contribution >= 4 is 22.8 Å². The van der Waals surface area contributed by atoms with E-state index in [2.05, 4.69) is 0 Å². The van der Waals surface area contributed by atoms with E-state index in [0.29, 0.717) is 30.9 Å². The molecule has 2 aromatic rings. The fraction of sp³-hybridized carbons (Fsp3) is 0.500. The minimum atomic E-state index is -0.650. The van der Waals surface area contributed by atoms with Crippen molar-refractivity contribution in [2.24, 2.45) is 5.92 Å². The van der Waals surface area contributed by atoms with Crippen LogP contribution in [0.25, 0.3) is 10.8 Å². The summed E-state index contributed by atoms with van der Waals surface area (Å²) < 4.78 is 7.09. The molecule has 30 heavy (non-hydrogen) atoms. The Balaban J connectivity index is 1.61. The fourth-order valence-corrected chi connectivity index (χ4v) is 3.71. The van der Waals surface area contributed by atoms with Gasteiger partial charge in [-0.05, 0) is 69.5 Å². The molecule has 162 valence electrons. The average Bonchev–Trinajstić information content (AvgIpc) is 2.71. The number of nitrogens with zero attached hydrogens (tertiary/aromatic N) is 2. The number of ether oxygens (including phenoxy) is 1. The molecule has 0 saturated carbocycles. The van der Waals surface area contributed by atoms with E-state index >= 15 is 0 Å². The Morgan fingerprint density at radius 3 is 2.53 bits per heavy atom. The number of aromatic nitrogens is 1. The molecule has 3 rings (SSSR count). The highest BCUT2D eigenvalue weighted by atomic mass is 16.6. The third-order valence-electron chi connectivity index (χ3n) is 5.39. The number of fused-ring (bicyclic) bond motifs is 1. The third-order valence-corrected chi connectivity index (χ3v) is 5.39. The van der Waals surface area contributed by atoms with E-state index in [1.807, 2.05) is 26.8 Å². The molecular formula is C22H29N3O5. The maximum atomic E-state index is 12.8. The second-order valence-electron chi connectivity index (χ2n) is 8.76. The summed E-state index contributed by atoms with van der Waals surface area (Å²) in [5.41, 5.74) is 1.16. The van der Waals surface area contributed by atoms with E-state index in [4.69, 9.17) is 9.94 Å². The van der Waals surface area contributed by atoms with Gasteiger partial charge in [-0.15, -0.1) is 0 Å². The monoisotopic (exact) mass is 415 g/mol. The van der Waals surface area contributed by atoms with E-state index in [0.717, 1.165) is 24.6 Å². The summed E-state index contributed by atoms with van der Waals surface area (Å²) in [5, 5.41) is 10.00. The molecule has 0 radical (unpaired) electrons. The first-order chi connectivity index (χ1) is 14.2. The first-order valence-corrected chi connectivity index (χ1v) is 10.2. The van der Waals surface area contributed by atoms with Crippen molar-refractivity contribution in [2.75, 3.05) is 13.1 Å². The second-order valence-corrected chi connectivity index (χ2v) is 8.76. The zero-order valence-corrected chi connectivity index (χ0v) is 17.7. The van der Waals surface area contributed by atoms with Crippen molar-refractivity contribution in [2.45, 2.75) is 52.2 Å². The number of hydrogen-bond acceptors (Lipinski definition) is 5. The first kappa shape index (κ1) is 21.8. The quantitative estimate of drug-likeness (QED) is 0.590. The van der Waals surface area contributed by atoms with E-state index in [1.54, 1.807) is 33.3 Å². The minimum absolute atomic E-state index is 0.161. The lowest BCUT2D eigenvalue weighted by Crippen LogP contribution is -2.41. The molecule has 1 aliphatic heterocycles. The van der Waals surface area contributed by atoms with Crippen molar-refractivity contribution in [1.82, 2.24) is 14.9 Å². The lowest BCUT2D eigenvalue weighted by molar-refractivity contribution is 0.0179. The summed E-state index contributed by atoms with van der Waals surface area (Å²) in [6.45, 7) is 7.47. The molecule has 8 heteroatoms. The van der Waals surface area contributed by atoms with Gasteiger partial charge in [-0.25, -0.2) is 10.3 Å². The van der Waals surface area contributed by atoms with Crippen LogP contribution in [0.5, 0.6) is 0 Å². The molecule has 1 aromatic carbocycles. The summed E-state index contributed by atoms with van der Waals surface area (Å²) in [6.07, 6.45) is 4.09.